The lowest BCUT2D eigenvalue weighted by molar-refractivity contribution is -0.152. The summed E-state index contributed by atoms with van der Waals surface area (Å²) in [4.78, 5) is 13.6. The van der Waals surface area contributed by atoms with Crippen LogP contribution in [0.4, 0.5) is 0 Å². The molecule has 2 heterocycles. The standard InChI is InChI=1S/C13H20N2O3/c1-3-13(12(16)17)4-6-15(7-5-13)9-11-8-10(2)18-14-11/h8H,3-7,9H2,1-2H3,(H,16,17). The van der Waals surface area contributed by atoms with E-state index >= 15 is 0 Å². The van der Waals surface area contributed by atoms with E-state index in [-0.39, 0.29) is 0 Å². The van der Waals surface area contributed by atoms with Gasteiger partial charge in [0.05, 0.1) is 11.1 Å². The molecule has 1 N–H and O–H groups in total. The Morgan fingerprint density at radius 2 is 2.22 bits per heavy atom. The molecule has 0 amide bonds. The molecule has 5 heteroatoms. The van der Waals surface area contributed by atoms with Crippen LogP contribution in [-0.2, 0) is 11.3 Å². The molecule has 0 radical (unpaired) electrons. The largest absolute Gasteiger partial charge is 0.481 e. The first kappa shape index (κ1) is 13.1. The highest BCUT2D eigenvalue weighted by atomic mass is 16.5. The van der Waals surface area contributed by atoms with Crippen molar-refractivity contribution in [3.63, 3.8) is 0 Å². The third-order valence-corrected chi connectivity index (χ3v) is 4.01. The van der Waals surface area contributed by atoms with Crippen molar-refractivity contribution in [2.75, 3.05) is 13.1 Å². The molecular weight excluding hydrogens is 232 g/mol. The molecule has 1 aromatic rings. The van der Waals surface area contributed by atoms with Crippen LogP contribution in [0.1, 0.15) is 37.6 Å². The van der Waals surface area contributed by atoms with E-state index in [0.717, 1.165) is 43.9 Å². The maximum absolute atomic E-state index is 11.3. The van der Waals surface area contributed by atoms with Crippen molar-refractivity contribution in [3.8, 4) is 0 Å². The van der Waals surface area contributed by atoms with Gasteiger partial charge in [0.2, 0.25) is 0 Å². The van der Waals surface area contributed by atoms with Gasteiger partial charge in [-0.3, -0.25) is 9.69 Å². The molecule has 0 unspecified atom stereocenters. The van der Waals surface area contributed by atoms with Crippen LogP contribution in [0.15, 0.2) is 10.6 Å². The Morgan fingerprint density at radius 3 is 2.67 bits per heavy atom. The van der Waals surface area contributed by atoms with Crippen LogP contribution in [0.25, 0.3) is 0 Å². The average molecular weight is 252 g/mol. The van der Waals surface area contributed by atoms with Gasteiger partial charge in [0.25, 0.3) is 0 Å². The number of aryl methyl sites for hydroxylation is 1. The molecule has 1 aromatic heterocycles. The van der Waals surface area contributed by atoms with Crippen LogP contribution in [-0.4, -0.2) is 34.2 Å². The normalized spacial score (nSPS) is 19.9. The zero-order chi connectivity index (χ0) is 13.2. The van der Waals surface area contributed by atoms with Crippen molar-refractivity contribution < 1.29 is 14.4 Å². The van der Waals surface area contributed by atoms with Crippen LogP contribution in [0, 0.1) is 12.3 Å². The number of carboxylic acids is 1. The van der Waals surface area contributed by atoms with Crippen molar-refractivity contribution in [1.29, 1.82) is 0 Å². The van der Waals surface area contributed by atoms with E-state index in [1.807, 2.05) is 19.9 Å². The zero-order valence-electron chi connectivity index (χ0n) is 11.0. The first-order valence-corrected chi connectivity index (χ1v) is 6.44. The van der Waals surface area contributed by atoms with Crippen molar-refractivity contribution in [2.45, 2.75) is 39.7 Å². The van der Waals surface area contributed by atoms with Crippen molar-refractivity contribution in [3.05, 3.63) is 17.5 Å². The Bertz CT molecular complexity index is 420. The van der Waals surface area contributed by atoms with Gasteiger partial charge in [0.15, 0.2) is 0 Å². The second kappa shape index (κ2) is 5.10. The number of aliphatic carboxylic acids is 1. The fourth-order valence-corrected chi connectivity index (χ4v) is 2.58. The molecule has 1 saturated heterocycles. The summed E-state index contributed by atoms with van der Waals surface area (Å²) < 4.78 is 5.04. The lowest BCUT2D eigenvalue weighted by Crippen LogP contribution is -2.43. The maximum atomic E-state index is 11.3. The Labute approximate surface area is 107 Å². The maximum Gasteiger partial charge on any atom is 0.309 e. The summed E-state index contributed by atoms with van der Waals surface area (Å²) in [6.07, 6.45) is 2.14. The quantitative estimate of drug-likeness (QED) is 0.888. The predicted molar refractivity (Wildman–Crippen MR) is 66.1 cm³/mol. The molecule has 0 atom stereocenters. The Morgan fingerprint density at radius 1 is 1.56 bits per heavy atom. The van der Waals surface area contributed by atoms with Gasteiger partial charge < -0.3 is 9.63 Å². The number of piperidine rings is 1. The number of likely N-dealkylation sites (tertiary alicyclic amines) is 1. The fourth-order valence-electron chi connectivity index (χ4n) is 2.58. The molecule has 1 fully saturated rings. The summed E-state index contributed by atoms with van der Waals surface area (Å²) in [5.41, 5.74) is 0.405. The highest BCUT2D eigenvalue weighted by Gasteiger charge is 2.39. The second-order valence-electron chi connectivity index (χ2n) is 5.14. The lowest BCUT2D eigenvalue weighted by atomic mass is 9.76. The van der Waals surface area contributed by atoms with Gasteiger partial charge in [0.1, 0.15) is 5.76 Å². The molecule has 0 aliphatic carbocycles. The topological polar surface area (TPSA) is 66.6 Å². The van der Waals surface area contributed by atoms with Crippen molar-refractivity contribution in [1.82, 2.24) is 10.1 Å². The molecule has 0 saturated carbocycles. The van der Waals surface area contributed by atoms with Crippen LogP contribution in [0.3, 0.4) is 0 Å². The molecule has 2 rings (SSSR count). The summed E-state index contributed by atoms with van der Waals surface area (Å²) in [7, 11) is 0. The van der Waals surface area contributed by atoms with Gasteiger partial charge in [-0.1, -0.05) is 12.1 Å². The molecule has 1 aliphatic rings. The third-order valence-electron chi connectivity index (χ3n) is 4.01. The fraction of sp³-hybridized carbons (Fsp3) is 0.692. The van der Waals surface area contributed by atoms with E-state index in [4.69, 9.17) is 4.52 Å². The average Bonchev–Trinajstić information content (AvgIpc) is 2.76. The molecule has 100 valence electrons. The molecular formula is C13H20N2O3. The molecule has 1 aliphatic heterocycles. The van der Waals surface area contributed by atoms with Crippen molar-refractivity contribution >= 4 is 5.97 Å². The first-order chi connectivity index (χ1) is 8.55. The van der Waals surface area contributed by atoms with E-state index in [9.17, 15) is 9.90 Å². The Kier molecular flexibility index (Phi) is 3.71. The number of hydrogen-bond acceptors (Lipinski definition) is 4. The minimum Gasteiger partial charge on any atom is -0.481 e. The van der Waals surface area contributed by atoms with E-state index in [1.165, 1.54) is 0 Å². The van der Waals surface area contributed by atoms with E-state index < -0.39 is 11.4 Å². The monoisotopic (exact) mass is 252 g/mol. The summed E-state index contributed by atoms with van der Waals surface area (Å²) >= 11 is 0. The summed E-state index contributed by atoms with van der Waals surface area (Å²) in [6.45, 7) is 6.21. The smallest absolute Gasteiger partial charge is 0.309 e. The predicted octanol–water partition coefficient (Wildman–Crippen LogP) is 2.06. The van der Waals surface area contributed by atoms with Crippen molar-refractivity contribution in [2.24, 2.45) is 5.41 Å². The highest BCUT2D eigenvalue weighted by molar-refractivity contribution is 5.74. The summed E-state index contributed by atoms with van der Waals surface area (Å²) in [5, 5.41) is 13.3. The van der Waals surface area contributed by atoms with E-state index in [1.54, 1.807) is 0 Å². The van der Waals surface area contributed by atoms with Gasteiger partial charge in [-0.25, -0.2) is 0 Å². The molecule has 0 spiro atoms. The summed E-state index contributed by atoms with van der Waals surface area (Å²) in [5.74, 6) is 0.164. The van der Waals surface area contributed by atoms with Crippen LogP contribution in [0.5, 0.6) is 0 Å². The lowest BCUT2D eigenvalue weighted by Gasteiger charge is -2.37. The minimum atomic E-state index is -0.651. The molecule has 0 bridgehead atoms. The number of carbonyl (C=O) groups is 1. The number of hydrogen-bond donors (Lipinski definition) is 1. The summed E-state index contributed by atoms with van der Waals surface area (Å²) in [6, 6.07) is 1.93. The number of carboxylic acid groups (broad SMARTS) is 1. The van der Waals surface area contributed by atoms with Gasteiger partial charge in [0, 0.05) is 12.6 Å². The van der Waals surface area contributed by atoms with E-state index in [0.29, 0.717) is 6.42 Å². The van der Waals surface area contributed by atoms with Crippen LogP contribution < -0.4 is 0 Å². The molecule has 5 nitrogen and oxygen atoms in total. The third kappa shape index (κ3) is 2.56. The second-order valence-corrected chi connectivity index (χ2v) is 5.14. The number of aromatic nitrogens is 1. The Hall–Kier alpha value is -1.36. The van der Waals surface area contributed by atoms with Crippen LogP contribution >= 0.6 is 0 Å². The van der Waals surface area contributed by atoms with Gasteiger partial charge in [-0.2, -0.15) is 0 Å². The molecule has 18 heavy (non-hydrogen) atoms. The molecule has 0 aromatic carbocycles. The first-order valence-electron chi connectivity index (χ1n) is 6.44. The van der Waals surface area contributed by atoms with Gasteiger partial charge >= 0.3 is 5.97 Å². The zero-order valence-corrected chi connectivity index (χ0v) is 11.0. The number of nitrogens with zero attached hydrogens (tertiary/aromatic N) is 2. The number of rotatable bonds is 4. The van der Waals surface area contributed by atoms with Gasteiger partial charge in [-0.15, -0.1) is 0 Å². The Balaban J connectivity index is 1.92. The SMILES string of the molecule is CCC1(C(=O)O)CCN(Cc2cc(C)on2)CC1. The van der Waals surface area contributed by atoms with E-state index in [2.05, 4.69) is 10.1 Å². The van der Waals surface area contributed by atoms with Crippen LogP contribution in [0.2, 0.25) is 0 Å². The highest BCUT2D eigenvalue weighted by Crippen LogP contribution is 2.35. The van der Waals surface area contributed by atoms with Gasteiger partial charge in [-0.05, 0) is 39.3 Å². The minimum absolute atomic E-state index is 0.518.